The highest BCUT2D eigenvalue weighted by molar-refractivity contribution is 5.99. The second-order valence-corrected chi connectivity index (χ2v) is 5.19. The minimum atomic E-state index is -0.0832. The van der Waals surface area contributed by atoms with Gasteiger partial charge in [0.25, 0.3) is 5.56 Å². The quantitative estimate of drug-likeness (QED) is 0.632. The molecule has 0 aliphatic carbocycles. The van der Waals surface area contributed by atoms with Gasteiger partial charge in [-0.15, -0.1) is 0 Å². The van der Waals surface area contributed by atoms with Crippen LogP contribution < -0.4 is 5.56 Å². The summed E-state index contributed by atoms with van der Waals surface area (Å²) in [4.78, 5) is 29.5. The molecule has 4 rings (SSSR count). The Morgan fingerprint density at radius 3 is 2.62 bits per heavy atom. The molecular formula is C17H12N2O2. The summed E-state index contributed by atoms with van der Waals surface area (Å²) in [5.74, 6) is 0.555. The number of fused-ring (bicyclic) bond motifs is 3. The third-order valence-corrected chi connectivity index (χ3v) is 3.91. The molecule has 0 amide bonds. The summed E-state index contributed by atoms with van der Waals surface area (Å²) in [6, 6.07) is 14.7. The zero-order chi connectivity index (χ0) is 14.4. The normalized spacial score (nSPS) is 13.6. The third-order valence-electron chi connectivity index (χ3n) is 3.91. The molecule has 0 bridgehead atoms. The van der Waals surface area contributed by atoms with Gasteiger partial charge in [-0.25, -0.2) is 4.98 Å². The Balaban J connectivity index is 2.04. The number of benzene rings is 2. The number of para-hydroxylation sites is 1. The molecule has 0 saturated carbocycles. The summed E-state index contributed by atoms with van der Waals surface area (Å²) in [5.41, 5.74) is 2.12. The van der Waals surface area contributed by atoms with Crippen LogP contribution in [0.2, 0.25) is 0 Å². The fraction of sp³-hybridized carbons (Fsp3) is 0.118. The number of carbonyl (C=O) groups is 1. The fourth-order valence-corrected chi connectivity index (χ4v) is 2.85. The standard InChI is InChI=1S/C17H12N2O2/c20-15-9-16-18-14-8-4-3-7-13(14)17(21)19(16)10-11-5-1-2-6-12(11)15/h1-8H,9-10H2. The Bertz CT molecular complexity index is 941. The molecule has 0 radical (unpaired) electrons. The minimum absolute atomic E-state index is 0.0130. The van der Waals surface area contributed by atoms with Gasteiger partial charge in [-0.2, -0.15) is 0 Å². The van der Waals surface area contributed by atoms with Crippen LogP contribution in [-0.2, 0) is 13.0 Å². The maximum absolute atomic E-state index is 12.7. The molecule has 0 fully saturated rings. The maximum atomic E-state index is 12.7. The number of rotatable bonds is 0. The van der Waals surface area contributed by atoms with Gasteiger partial charge in [-0.1, -0.05) is 36.4 Å². The third kappa shape index (κ3) is 1.80. The van der Waals surface area contributed by atoms with E-state index in [9.17, 15) is 9.59 Å². The van der Waals surface area contributed by atoms with Crippen LogP contribution in [0.1, 0.15) is 21.7 Å². The van der Waals surface area contributed by atoms with E-state index in [1.807, 2.05) is 36.4 Å². The number of carbonyl (C=O) groups excluding carboxylic acids is 1. The van der Waals surface area contributed by atoms with Crippen molar-refractivity contribution in [2.45, 2.75) is 13.0 Å². The topological polar surface area (TPSA) is 52.0 Å². The van der Waals surface area contributed by atoms with Gasteiger partial charge in [0, 0.05) is 5.56 Å². The number of nitrogens with zero attached hydrogens (tertiary/aromatic N) is 2. The van der Waals surface area contributed by atoms with Gasteiger partial charge in [-0.05, 0) is 17.7 Å². The van der Waals surface area contributed by atoms with Crippen molar-refractivity contribution in [2.75, 3.05) is 0 Å². The van der Waals surface area contributed by atoms with Gasteiger partial charge in [0.2, 0.25) is 0 Å². The summed E-state index contributed by atoms with van der Waals surface area (Å²) in [5, 5.41) is 0.591. The van der Waals surface area contributed by atoms with Crippen LogP contribution in [0.3, 0.4) is 0 Å². The first-order valence-corrected chi connectivity index (χ1v) is 6.83. The molecule has 1 aliphatic rings. The summed E-state index contributed by atoms with van der Waals surface area (Å²) in [6.07, 6.45) is 0.164. The van der Waals surface area contributed by atoms with Crippen molar-refractivity contribution in [2.24, 2.45) is 0 Å². The molecule has 2 aromatic carbocycles. The summed E-state index contributed by atoms with van der Waals surface area (Å²) >= 11 is 0. The van der Waals surface area contributed by atoms with Crippen molar-refractivity contribution < 1.29 is 4.79 Å². The largest absolute Gasteiger partial charge is 0.294 e. The van der Waals surface area contributed by atoms with Gasteiger partial charge in [0.15, 0.2) is 5.78 Å². The summed E-state index contributed by atoms with van der Waals surface area (Å²) in [7, 11) is 0. The molecule has 0 spiro atoms. The average Bonchev–Trinajstić information content (AvgIpc) is 2.65. The van der Waals surface area contributed by atoms with Gasteiger partial charge in [0.05, 0.1) is 23.9 Å². The van der Waals surface area contributed by atoms with E-state index in [2.05, 4.69) is 4.98 Å². The van der Waals surface area contributed by atoms with Gasteiger partial charge in [0.1, 0.15) is 5.82 Å². The van der Waals surface area contributed by atoms with Crippen molar-refractivity contribution in [1.82, 2.24) is 9.55 Å². The molecule has 102 valence electrons. The molecule has 0 N–H and O–H groups in total. The fourth-order valence-electron chi connectivity index (χ4n) is 2.85. The van der Waals surface area contributed by atoms with E-state index in [0.29, 0.717) is 28.8 Å². The van der Waals surface area contributed by atoms with Crippen LogP contribution >= 0.6 is 0 Å². The Kier molecular flexibility index (Phi) is 2.51. The van der Waals surface area contributed by atoms with E-state index in [0.717, 1.165) is 5.56 Å². The van der Waals surface area contributed by atoms with Crippen molar-refractivity contribution >= 4 is 16.7 Å². The molecule has 4 nitrogen and oxygen atoms in total. The van der Waals surface area contributed by atoms with E-state index in [1.165, 1.54) is 0 Å². The predicted octanol–water partition coefficient (Wildman–Crippen LogP) is 2.18. The van der Waals surface area contributed by atoms with Crippen LogP contribution in [0.15, 0.2) is 53.3 Å². The highest BCUT2D eigenvalue weighted by Crippen LogP contribution is 2.19. The van der Waals surface area contributed by atoms with Gasteiger partial charge in [-0.3, -0.25) is 14.2 Å². The highest BCUT2D eigenvalue weighted by Gasteiger charge is 2.21. The van der Waals surface area contributed by atoms with E-state index in [-0.39, 0.29) is 17.8 Å². The van der Waals surface area contributed by atoms with Crippen LogP contribution in [0, 0.1) is 0 Å². The lowest BCUT2D eigenvalue weighted by atomic mass is 10.0. The van der Waals surface area contributed by atoms with E-state index >= 15 is 0 Å². The number of ketones is 1. The molecule has 0 unspecified atom stereocenters. The molecular weight excluding hydrogens is 264 g/mol. The Hall–Kier alpha value is -2.75. The van der Waals surface area contributed by atoms with Crippen LogP contribution in [0.4, 0.5) is 0 Å². The van der Waals surface area contributed by atoms with E-state index in [4.69, 9.17) is 0 Å². The first-order chi connectivity index (χ1) is 10.2. The van der Waals surface area contributed by atoms with Crippen molar-refractivity contribution in [3.63, 3.8) is 0 Å². The molecule has 0 saturated heterocycles. The zero-order valence-electron chi connectivity index (χ0n) is 11.2. The Morgan fingerprint density at radius 1 is 0.952 bits per heavy atom. The molecule has 4 heteroatoms. The number of hydrogen-bond donors (Lipinski definition) is 0. The Labute approximate surface area is 120 Å². The second kappa shape index (κ2) is 4.38. The highest BCUT2D eigenvalue weighted by atomic mass is 16.1. The smallest absolute Gasteiger partial charge is 0.261 e. The molecule has 1 aromatic heterocycles. The summed E-state index contributed by atoms with van der Waals surface area (Å²) in [6.45, 7) is 0.397. The SMILES string of the molecule is O=C1Cc2nc3ccccc3c(=O)n2Cc2ccccc21. The number of hydrogen-bond acceptors (Lipinski definition) is 3. The van der Waals surface area contributed by atoms with Crippen LogP contribution in [0.5, 0.6) is 0 Å². The van der Waals surface area contributed by atoms with Crippen molar-refractivity contribution in [3.8, 4) is 0 Å². The van der Waals surface area contributed by atoms with Crippen LogP contribution in [0.25, 0.3) is 10.9 Å². The maximum Gasteiger partial charge on any atom is 0.261 e. The number of Topliss-reactive ketones (excluding diaryl/α,β-unsaturated/α-hetero) is 1. The van der Waals surface area contributed by atoms with Crippen molar-refractivity contribution in [1.29, 1.82) is 0 Å². The monoisotopic (exact) mass is 276 g/mol. The second-order valence-electron chi connectivity index (χ2n) is 5.19. The molecule has 3 aromatic rings. The first-order valence-electron chi connectivity index (χ1n) is 6.83. The predicted molar refractivity (Wildman–Crippen MR) is 79.6 cm³/mol. The number of aromatic nitrogens is 2. The Morgan fingerprint density at radius 2 is 1.71 bits per heavy atom. The first kappa shape index (κ1) is 12.0. The molecule has 2 heterocycles. The van der Waals surface area contributed by atoms with Crippen LogP contribution in [-0.4, -0.2) is 15.3 Å². The van der Waals surface area contributed by atoms with Gasteiger partial charge < -0.3 is 0 Å². The lowest BCUT2D eigenvalue weighted by Gasteiger charge is -2.10. The van der Waals surface area contributed by atoms with E-state index < -0.39 is 0 Å². The summed E-state index contributed by atoms with van der Waals surface area (Å²) < 4.78 is 1.62. The van der Waals surface area contributed by atoms with Gasteiger partial charge >= 0.3 is 0 Å². The molecule has 21 heavy (non-hydrogen) atoms. The molecule has 1 aliphatic heterocycles. The van der Waals surface area contributed by atoms with E-state index in [1.54, 1.807) is 16.7 Å². The zero-order valence-corrected chi connectivity index (χ0v) is 11.2. The lowest BCUT2D eigenvalue weighted by Crippen LogP contribution is -2.25. The lowest BCUT2D eigenvalue weighted by molar-refractivity contribution is 0.0991. The molecule has 0 atom stereocenters. The average molecular weight is 276 g/mol. The minimum Gasteiger partial charge on any atom is -0.294 e. The van der Waals surface area contributed by atoms with Crippen molar-refractivity contribution in [3.05, 3.63) is 75.8 Å².